The maximum Gasteiger partial charge on any atom is 0.272 e. The summed E-state index contributed by atoms with van der Waals surface area (Å²) in [6, 6.07) is 7.23. The van der Waals surface area contributed by atoms with Crippen LogP contribution in [-0.2, 0) is 0 Å². The standard InChI is InChI=1S/C15H11BrClN3O4/c1-8-2-3-11(13(17)4-8)15(22)19-18-7-9-5-10(20(23)24)6-12(16)14(9)21/h2-7,21H,1H3,(H,19,22)/b18-7+. The zero-order valence-corrected chi connectivity index (χ0v) is 14.6. The van der Waals surface area contributed by atoms with Gasteiger partial charge in [-0.3, -0.25) is 14.9 Å². The van der Waals surface area contributed by atoms with Crippen LogP contribution >= 0.6 is 27.5 Å². The number of carbonyl (C=O) groups is 1. The number of hydrogen-bond donors (Lipinski definition) is 2. The van der Waals surface area contributed by atoms with Crippen molar-refractivity contribution in [3.8, 4) is 5.75 Å². The van der Waals surface area contributed by atoms with E-state index in [9.17, 15) is 20.0 Å². The summed E-state index contributed by atoms with van der Waals surface area (Å²) in [5.74, 6) is -0.771. The van der Waals surface area contributed by atoms with Gasteiger partial charge >= 0.3 is 0 Å². The molecular weight excluding hydrogens is 402 g/mol. The van der Waals surface area contributed by atoms with E-state index in [1.165, 1.54) is 0 Å². The van der Waals surface area contributed by atoms with Crippen LogP contribution in [0.4, 0.5) is 5.69 Å². The van der Waals surface area contributed by atoms with Crippen molar-refractivity contribution in [2.24, 2.45) is 5.10 Å². The maximum absolute atomic E-state index is 12.0. The summed E-state index contributed by atoms with van der Waals surface area (Å²) in [5.41, 5.74) is 3.25. The minimum atomic E-state index is -0.605. The van der Waals surface area contributed by atoms with Crippen LogP contribution < -0.4 is 5.43 Å². The molecule has 0 heterocycles. The van der Waals surface area contributed by atoms with Gasteiger partial charge in [0.15, 0.2) is 0 Å². The number of benzene rings is 2. The molecule has 0 radical (unpaired) electrons. The first kappa shape index (κ1) is 17.9. The Morgan fingerprint density at radius 2 is 2.12 bits per heavy atom. The molecule has 0 spiro atoms. The van der Waals surface area contributed by atoms with Gasteiger partial charge in [0.1, 0.15) is 5.75 Å². The van der Waals surface area contributed by atoms with Gasteiger partial charge in [0.05, 0.1) is 26.2 Å². The number of phenols is 1. The Hall–Kier alpha value is -2.45. The monoisotopic (exact) mass is 411 g/mol. The highest BCUT2D eigenvalue weighted by Crippen LogP contribution is 2.31. The molecule has 2 aromatic carbocycles. The SMILES string of the molecule is Cc1ccc(C(=O)N/N=C/c2cc([N+](=O)[O-])cc(Br)c2O)c(Cl)c1. The van der Waals surface area contributed by atoms with Crippen molar-refractivity contribution in [3.05, 3.63) is 66.6 Å². The predicted octanol–water partition coefficient (Wildman–Crippen LogP) is 3.79. The van der Waals surface area contributed by atoms with Gasteiger partial charge in [0.25, 0.3) is 11.6 Å². The van der Waals surface area contributed by atoms with Crippen molar-refractivity contribution in [2.75, 3.05) is 0 Å². The second kappa shape index (κ2) is 7.41. The van der Waals surface area contributed by atoms with Gasteiger partial charge in [-0.2, -0.15) is 5.10 Å². The number of nitro groups is 1. The van der Waals surface area contributed by atoms with Crippen LogP contribution in [0.3, 0.4) is 0 Å². The van der Waals surface area contributed by atoms with E-state index >= 15 is 0 Å². The number of rotatable bonds is 4. The van der Waals surface area contributed by atoms with Crippen LogP contribution in [0.25, 0.3) is 0 Å². The highest BCUT2D eigenvalue weighted by Gasteiger charge is 2.14. The van der Waals surface area contributed by atoms with E-state index in [1.54, 1.807) is 18.2 Å². The summed E-state index contributed by atoms with van der Waals surface area (Å²) in [4.78, 5) is 22.2. The lowest BCUT2D eigenvalue weighted by molar-refractivity contribution is -0.385. The van der Waals surface area contributed by atoms with Gasteiger partial charge < -0.3 is 5.11 Å². The number of aryl methyl sites for hydroxylation is 1. The van der Waals surface area contributed by atoms with Crippen molar-refractivity contribution in [1.82, 2.24) is 5.43 Å². The Morgan fingerprint density at radius 1 is 1.42 bits per heavy atom. The van der Waals surface area contributed by atoms with Gasteiger partial charge in [-0.05, 0) is 40.5 Å². The number of carbonyl (C=O) groups excluding carboxylic acids is 1. The summed E-state index contributed by atoms with van der Waals surface area (Å²) >= 11 is 9.01. The molecule has 2 N–H and O–H groups in total. The third-order valence-corrected chi connectivity index (χ3v) is 3.94. The largest absolute Gasteiger partial charge is 0.506 e. The minimum Gasteiger partial charge on any atom is -0.506 e. The molecule has 124 valence electrons. The van der Waals surface area contributed by atoms with E-state index in [1.807, 2.05) is 6.92 Å². The van der Waals surface area contributed by atoms with Gasteiger partial charge in [0, 0.05) is 17.7 Å². The van der Waals surface area contributed by atoms with Crippen LogP contribution in [0.1, 0.15) is 21.5 Å². The Bertz CT molecular complexity index is 855. The summed E-state index contributed by atoms with van der Waals surface area (Å²) < 4.78 is 0.144. The molecule has 0 saturated heterocycles. The lowest BCUT2D eigenvalue weighted by Crippen LogP contribution is -2.18. The first-order valence-corrected chi connectivity index (χ1v) is 7.73. The van der Waals surface area contributed by atoms with E-state index in [-0.39, 0.29) is 32.1 Å². The van der Waals surface area contributed by atoms with Gasteiger partial charge in [-0.1, -0.05) is 17.7 Å². The number of hydrogen-bond acceptors (Lipinski definition) is 5. The Labute approximate surface area is 150 Å². The zero-order valence-electron chi connectivity index (χ0n) is 12.3. The summed E-state index contributed by atoms with van der Waals surface area (Å²) in [6.07, 6.45) is 1.10. The second-order valence-corrected chi connectivity index (χ2v) is 6.07. The van der Waals surface area contributed by atoms with E-state index in [2.05, 4.69) is 26.5 Å². The summed E-state index contributed by atoms with van der Waals surface area (Å²) in [7, 11) is 0. The van der Waals surface area contributed by atoms with Crippen molar-refractivity contribution in [1.29, 1.82) is 0 Å². The minimum absolute atomic E-state index is 0.0754. The molecule has 1 amide bonds. The van der Waals surface area contributed by atoms with E-state index < -0.39 is 10.8 Å². The third kappa shape index (κ3) is 4.09. The van der Waals surface area contributed by atoms with Crippen LogP contribution in [0.5, 0.6) is 5.75 Å². The molecule has 2 rings (SSSR count). The molecule has 0 aliphatic heterocycles. The molecule has 0 aromatic heterocycles. The van der Waals surface area contributed by atoms with E-state index in [0.717, 1.165) is 23.9 Å². The average Bonchev–Trinajstić information content (AvgIpc) is 2.50. The number of nitrogens with one attached hydrogen (secondary N) is 1. The molecule has 0 aliphatic rings. The van der Waals surface area contributed by atoms with Crippen molar-refractivity contribution in [3.63, 3.8) is 0 Å². The number of aromatic hydroxyl groups is 1. The molecule has 2 aromatic rings. The van der Waals surface area contributed by atoms with Gasteiger partial charge in [-0.25, -0.2) is 5.43 Å². The molecule has 24 heavy (non-hydrogen) atoms. The molecule has 9 heteroatoms. The fourth-order valence-corrected chi connectivity index (χ4v) is 2.62. The normalized spacial score (nSPS) is 10.8. The number of amides is 1. The summed E-state index contributed by atoms with van der Waals surface area (Å²) in [5, 5.41) is 24.7. The van der Waals surface area contributed by atoms with Gasteiger partial charge in [0.2, 0.25) is 0 Å². The molecule has 0 saturated carbocycles. The van der Waals surface area contributed by atoms with Crippen LogP contribution in [0.15, 0.2) is 39.9 Å². The molecule has 0 aliphatic carbocycles. The predicted molar refractivity (Wildman–Crippen MR) is 93.7 cm³/mol. The Morgan fingerprint density at radius 3 is 2.75 bits per heavy atom. The van der Waals surface area contributed by atoms with Gasteiger partial charge in [-0.15, -0.1) is 0 Å². The highest BCUT2D eigenvalue weighted by atomic mass is 79.9. The number of phenolic OH excluding ortho intramolecular Hbond substituents is 1. The lowest BCUT2D eigenvalue weighted by Gasteiger charge is -2.04. The Balaban J connectivity index is 2.20. The van der Waals surface area contributed by atoms with E-state index in [0.29, 0.717) is 0 Å². The lowest BCUT2D eigenvalue weighted by atomic mass is 10.1. The first-order valence-electron chi connectivity index (χ1n) is 6.56. The van der Waals surface area contributed by atoms with Crippen LogP contribution in [0.2, 0.25) is 5.02 Å². The van der Waals surface area contributed by atoms with E-state index in [4.69, 9.17) is 11.6 Å². The molecule has 0 fully saturated rings. The second-order valence-electron chi connectivity index (χ2n) is 4.80. The summed E-state index contributed by atoms with van der Waals surface area (Å²) in [6.45, 7) is 1.84. The molecule has 0 atom stereocenters. The fraction of sp³-hybridized carbons (Fsp3) is 0.0667. The topological polar surface area (TPSA) is 105 Å². The van der Waals surface area contributed by atoms with Crippen LogP contribution in [-0.4, -0.2) is 22.2 Å². The number of nitrogens with zero attached hydrogens (tertiary/aromatic N) is 2. The molecule has 7 nitrogen and oxygen atoms in total. The number of nitro benzene ring substituents is 1. The molecule has 0 unspecified atom stereocenters. The number of hydrazone groups is 1. The average molecular weight is 413 g/mol. The Kier molecular flexibility index (Phi) is 5.53. The number of halogens is 2. The maximum atomic E-state index is 12.0. The van der Waals surface area contributed by atoms with Crippen molar-refractivity contribution >= 4 is 45.3 Å². The quantitative estimate of drug-likeness (QED) is 0.453. The first-order chi connectivity index (χ1) is 11.3. The molecule has 0 bridgehead atoms. The zero-order chi connectivity index (χ0) is 17.9. The highest BCUT2D eigenvalue weighted by molar-refractivity contribution is 9.10. The van der Waals surface area contributed by atoms with Crippen LogP contribution in [0, 0.1) is 17.0 Å². The number of non-ortho nitro benzene ring substituents is 1. The smallest absolute Gasteiger partial charge is 0.272 e. The van der Waals surface area contributed by atoms with Crippen molar-refractivity contribution in [2.45, 2.75) is 6.92 Å². The molecular formula is C15H11BrClN3O4. The van der Waals surface area contributed by atoms with Crippen molar-refractivity contribution < 1.29 is 14.8 Å². The third-order valence-electron chi connectivity index (χ3n) is 3.03. The fourth-order valence-electron chi connectivity index (χ4n) is 1.83.